The molecule has 26 heavy (non-hydrogen) atoms. The number of hydrogen-bond donors (Lipinski definition) is 2. The van der Waals surface area contributed by atoms with Gasteiger partial charge in [0.2, 0.25) is 0 Å². The average Bonchev–Trinajstić information content (AvgIpc) is 2.65. The molecule has 1 aromatic heterocycles. The number of halogens is 2. The molecule has 132 valence electrons. The third kappa shape index (κ3) is 5.12. The van der Waals surface area contributed by atoms with Crippen LogP contribution in [0.15, 0.2) is 66.9 Å². The predicted octanol–water partition coefficient (Wildman–Crippen LogP) is 5.15. The summed E-state index contributed by atoms with van der Waals surface area (Å²) in [5, 5.41) is 7.04. The summed E-state index contributed by atoms with van der Waals surface area (Å²) in [5.41, 5.74) is 1.33. The molecule has 1 amide bonds. The molecule has 0 aliphatic heterocycles. The average molecular weight is 388 g/mol. The zero-order valence-electron chi connectivity index (χ0n) is 13.6. The van der Waals surface area contributed by atoms with Crippen molar-refractivity contribution >= 4 is 46.3 Å². The molecule has 0 aliphatic carbocycles. The van der Waals surface area contributed by atoms with Crippen LogP contribution in [0.5, 0.6) is 5.75 Å². The van der Waals surface area contributed by atoms with Gasteiger partial charge in [0, 0.05) is 5.02 Å². The van der Waals surface area contributed by atoms with E-state index in [4.69, 9.17) is 27.9 Å². The quantitative estimate of drug-likeness (QED) is 0.613. The lowest BCUT2D eigenvalue weighted by Gasteiger charge is -2.09. The van der Waals surface area contributed by atoms with Gasteiger partial charge in [0.25, 0.3) is 5.91 Å². The van der Waals surface area contributed by atoms with Gasteiger partial charge in [-0.3, -0.25) is 4.79 Å². The summed E-state index contributed by atoms with van der Waals surface area (Å²) in [6, 6.07) is 17.7. The third-order valence-electron chi connectivity index (χ3n) is 3.37. The lowest BCUT2D eigenvalue weighted by atomic mass is 10.3. The van der Waals surface area contributed by atoms with Crippen LogP contribution in [0.1, 0.15) is 0 Å². The number of ether oxygens (including phenoxy) is 1. The number of nitrogens with one attached hydrogen (secondary N) is 2. The lowest BCUT2D eigenvalue weighted by Crippen LogP contribution is -2.20. The topological polar surface area (TPSA) is 63.2 Å². The van der Waals surface area contributed by atoms with Gasteiger partial charge in [-0.25, -0.2) is 4.98 Å². The highest BCUT2D eigenvalue weighted by molar-refractivity contribution is 6.33. The largest absolute Gasteiger partial charge is 0.484 e. The normalized spacial score (nSPS) is 10.2. The van der Waals surface area contributed by atoms with E-state index in [2.05, 4.69) is 15.6 Å². The number of pyridine rings is 1. The number of para-hydroxylation sites is 1. The molecule has 3 aromatic rings. The monoisotopic (exact) mass is 387 g/mol. The third-order valence-corrected chi connectivity index (χ3v) is 3.95. The number of hydrogen-bond acceptors (Lipinski definition) is 4. The van der Waals surface area contributed by atoms with E-state index < -0.39 is 0 Å². The first kappa shape index (κ1) is 18.0. The molecule has 3 rings (SSSR count). The summed E-state index contributed by atoms with van der Waals surface area (Å²) in [5.74, 6) is 0.907. The minimum Gasteiger partial charge on any atom is -0.484 e. The summed E-state index contributed by atoms with van der Waals surface area (Å²) >= 11 is 11.9. The van der Waals surface area contributed by atoms with Crippen LogP contribution in [0.25, 0.3) is 0 Å². The number of carbonyl (C=O) groups excluding carboxylic acids is 1. The van der Waals surface area contributed by atoms with Crippen LogP contribution in [0.4, 0.5) is 17.2 Å². The van der Waals surface area contributed by atoms with Gasteiger partial charge in [0.05, 0.1) is 22.6 Å². The Morgan fingerprint density at radius 2 is 1.77 bits per heavy atom. The fourth-order valence-corrected chi connectivity index (χ4v) is 2.43. The van der Waals surface area contributed by atoms with Crippen molar-refractivity contribution < 1.29 is 9.53 Å². The van der Waals surface area contributed by atoms with Gasteiger partial charge >= 0.3 is 0 Å². The molecule has 2 aromatic carbocycles. The van der Waals surface area contributed by atoms with Crippen molar-refractivity contribution in [2.45, 2.75) is 0 Å². The molecule has 2 N–H and O–H groups in total. The van der Waals surface area contributed by atoms with E-state index in [1.165, 1.54) is 0 Å². The van der Waals surface area contributed by atoms with Gasteiger partial charge in [0.1, 0.15) is 11.6 Å². The SMILES string of the molecule is O=C(COc1ccc(Cl)cc1)Nc1ccc(Nc2ccccc2Cl)nc1. The van der Waals surface area contributed by atoms with Gasteiger partial charge in [0.15, 0.2) is 6.61 Å². The van der Waals surface area contributed by atoms with Crippen LogP contribution in [0.3, 0.4) is 0 Å². The summed E-state index contributed by atoms with van der Waals surface area (Å²) in [6.45, 7) is -0.110. The molecule has 0 atom stereocenters. The number of benzene rings is 2. The molecule has 7 heteroatoms. The Bertz CT molecular complexity index is 884. The Balaban J connectivity index is 1.52. The number of anilines is 3. The van der Waals surface area contributed by atoms with E-state index in [1.807, 2.05) is 18.2 Å². The second-order valence-corrected chi connectivity index (χ2v) is 6.17. The molecule has 0 spiro atoms. The summed E-state index contributed by atoms with van der Waals surface area (Å²) < 4.78 is 5.39. The van der Waals surface area contributed by atoms with Crippen molar-refractivity contribution in [3.63, 3.8) is 0 Å². The number of amides is 1. The predicted molar refractivity (Wildman–Crippen MR) is 105 cm³/mol. The van der Waals surface area contributed by atoms with Crippen molar-refractivity contribution in [2.75, 3.05) is 17.2 Å². The van der Waals surface area contributed by atoms with Crippen molar-refractivity contribution in [3.05, 3.63) is 76.9 Å². The zero-order chi connectivity index (χ0) is 18.4. The fraction of sp³-hybridized carbons (Fsp3) is 0.0526. The maximum Gasteiger partial charge on any atom is 0.262 e. The van der Waals surface area contributed by atoms with E-state index in [-0.39, 0.29) is 12.5 Å². The molecule has 0 unspecified atom stereocenters. The lowest BCUT2D eigenvalue weighted by molar-refractivity contribution is -0.118. The fourth-order valence-electron chi connectivity index (χ4n) is 2.12. The Kier molecular flexibility index (Phi) is 5.94. The molecule has 0 radical (unpaired) electrons. The maximum atomic E-state index is 12.0. The summed E-state index contributed by atoms with van der Waals surface area (Å²) in [6.07, 6.45) is 1.55. The first-order chi connectivity index (χ1) is 12.6. The summed E-state index contributed by atoms with van der Waals surface area (Å²) in [4.78, 5) is 16.2. The van der Waals surface area contributed by atoms with Crippen LogP contribution in [-0.4, -0.2) is 17.5 Å². The van der Waals surface area contributed by atoms with Gasteiger partial charge < -0.3 is 15.4 Å². The van der Waals surface area contributed by atoms with E-state index in [1.54, 1.807) is 48.7 Å². The first-order valence-corrected chi connectivity index (χ1v) is 8.51. The van der Waals surface area contributed by atoms with Gasteiger partial charge in [-0.05, 0) is 48.5 Å². The molecular weight excluding hydrogens is 373 g/mol. The Morgan fingerprint density at radius 1 is 1.00 bits per heavy atom. The molecule has 0 saturated heterocycles. The standard InChI is InChI=1S/C19H15Cl2N3O2/c20-13-5-8-15(9-6-13)26-12-19(25)23-14-7-10-18(22-11-14)24-17-4-2-1-3-16(17)21/h1-11H,12H2,(H,22,24)(H,23,25). The Hall–Kier alpha value is -2.76. The van der Waals surface area contributed by atoms with Gasteiger partial charge in [-0.2, -0.15) is 0 Å². The minimum absolute atomic E-state index is 0.110. The van der Waals surface area contributed by atoms with Crippen molar-refractivity contribution in [3.8, 4) is 5.75 Å². The van der Waals surface area contributed by atoms with Gasteiger partial charge in [-0.15, -0.1) is 0 Å². The van der Waals surface area contributed by atoms with Crippen LogP contribution >= 0.6 is 23.2 Å². The highest BCUT2D eigenvalue weighted by atomic mass is 35.5. The van der Waals surface area contributed by atoms with Crippen molar-refractivity contribution in [1.82, 2.24) is 4.98 Å². The Labute approximate surface area is 160 Å². The van der Waals surface area contributed by atoms with E-state index in [0.717, 1.165) is 5.69 Å². The van der Waals surface area contributed by atoms with Crippen LogP contribution in [-0.2, 0) is 4.79 Å². The Morgan fingerprint density at radius 3 is 2.46 bits per heavy atom. The molecular formula is C19H15Cl2N3O2. The molecule has 0 aliphatic rings. The molecule has 0 bridgehead atoms. The van der Waals surface area contributed by atoms with Gasteiger partial charge in [-0.1, -0.05) is 35.3 Å². The summed E-state index contributed by atoms with van der Waals surface area (Å²) in [7, 11) is 0. The number of carbonyl (C=O) groups is 1. The van der Waals surface area contributed by atoms with Crippen molar-refractivity contribution in [1.29, 1.82) is 0 Å². The number of aromatic nitrogens is 1. The maximum absolute atomic E-state index is 12.0. The molecule has 0 saturated carbocycles. The van der Waals surface area contributed by atoms with E-state index >= 15 is 0 Å². The zero-order valence-corrected chi connectivity index (χ0v) is 15.1. The second-order valence-electron chi connectivity index (χ2n) is 5.33. The molecule has 5 nitrogen and oxygen atoms in total. The van der Waals surface area contributed by atoms with E-state index in [9.17, 15) is 4.79 Å². The van der Waals surface area contributed by atoms with Crippen LogP contribution in [0, 0.1) is 0 Å². The highest BCUT2D eigenvalue weighted by Gasteiger charge is 2.05. The van der Waals surface area contributed by atoms with E-state index in [0.29, 0.717) is 27.3 Å². The van der Waals surface area contributed by atoms with Crippen LogP contribution < -0.4 is 15.4 Å². The smallest absolute Gasteiger partial charge is 0.262 e. The highest BCUT2D eigenvalue weighted by Crippen LogP contribution is 2.24. The minimum atomic E-state index is -0.284. The first-order valence-electron chi connectivity index (χ1n) is 7.76. The molecule has 1 heterocycles. The molecule has 0 fully saturated rings. The van der Waals surface area contributed by atoms with Crippen LogP contribution in [0.2, 0.25) is 10.0 Å². The number of rotatable bonds is 6. The van der Waals surface area contributed by atoms with Crippen molar-refractivity contribution in [2.24, 2.45) is 0 Å². The second kappa shape index (κ2) is 8.56. The number of nitrogens with zero attached hydrogens (tertiary/aromatic N) is 1.